The molecule has 0 saturated carbocycles. The third-order valence-corrected chi connectivity index (χ3v) is 3.86. The predicted molar refractivity (Wildman–Crippen MR) is 82.1 cm³/mol. The fourth-order valence-corrected chi connectivity index (χ4v) is 2.70. The number of carboxylic acids is 1. The highest BCUT2D eigenvalue weighted by molar-refractivity contribution is 9.10. The second-order valence-corrected chi connectivity index (χ2v) is 5.67. The molecule has 0 aliphatic carbocycles. The molecule has 0 spiro atoms. The maximum Gasteiger partial charge on any atom is 0.335 e. The Morgan fingerprint density at radius 2 is 2.00 bits per heavy atom. The van der Waals surface area contributed by atoms with Crippen molar-refractivity contribution in [3.05, 3.63) is 70.1 Å². The average Bonchev–Trinajstić information content (AvgIpc) is 2.83. The molecule has 0 fully saturated rings. The maximum atomic E-state index is 13.9. The summed E-state index contributed by atoms with van der Waals surface area (Å²) in [5.74, 6) is -1.46. The van der Waals surface area contributed by atoms with Crippen LogP contribution in [0.1, 0.15) is 15.9 Å². The van der Waals surface area contributed by atoms with Crippen LogP contribution < -0.4 is 0 Å². The van der Waals surface area contributed by atoms with Crippen LogP contribution >= 0.6 is 15.9 Å². The van der Waals surface area contributed by atoms with Gasteiger partial charge in [0.15, 0.2) is 0 Å². The Labute approximate surface area is 128 Å². The van der Waals surface area contributed by atoms with E-state index in [1.165, 1.54) is 18.2 Å². The molecule has 0 saturated heterocycles. The van der Waals surface area contributed by atoms with E-state index in [9.17, 15) is 9.18 Å². The van der Waals surface area contributed by atoms with Crippen molar-refractivity contribution in [3.63, 3.8) is 0 Å². The lowest BCUT2D eigenvalue weighted by molar-refractivity contribution is 0.0696. The lowest BCUT2D eigenvalue weighted by atomic mass is 10.1. The number of carbonyl (C=O) groups is 1. The van der Waals surface area contributed by atoms with E-state index in [1.807, 2.05) is 35.0 Å². The van der Waals surface area contributed by atoms with E-state index < -0.39 is 11.8 Å². The Balaban J connectivity index is 2.02. The topological polar surface area (TPSA) is 42.2 Å². The van der Waals surface area contributed by atoms with Crippen LogP contribution in [0.5, 0.6) is 0 Å². The predicted octanol–water partition coefficient (Wildman–Crippen LogP) is 4.29. The van der Waals surface area contributed by atoms with Gasteiger partial charge < -0.3 is 9.67 Å². The highest BCUT2D eigenvalue weighted by Gasteiger charge is 2.10. The number of halogens is 2. The van der Waals surface area contributed by atoms with Crippen molar-refractivity contribution in [2.75, 3.05) is 0 Å². The third kappa shape index (κ3) is 2.69. The molecule has 1 aromatic heterocycles. The molecule has 106 valence electrons. The van der Waals surface area contributed by atoms with Gasteiger partial charge in [0.25, 0.3) is 0 Å². The first kappa shape index (κ1) is 13.8. The Morgan fingerprint density at radius 3 is 2.76 bits per heavy atom. The molecule has 0 radical (unpaired) electrons. The molecule has 0 unspecified atom stereocenters. The zero-order chi connectivity index (χ0) is 15.0. The summed E-state index contributed by atoms with van der Waals surface area (Å²) < 4.78 is 16.7. The third-order valence-electron chi connectivity index (χ3n) is 3.37. The fourth-order valence-electron chi connectivity index (χ4n) is 2.32. The number of fused-ring (bicyclic) bond motifs is 1. The number of nitrogens with zero attached hydrogens (tertiary/aromatic N) is 1. The van der Waals surface area contributed by atoms with Crippen LogP contribution in [0.15, 0.2) is 53.1 Å². The van der Waals surface area contributed by atoms with Gasteiger partial charge in [-0.1, -0.05) is 15.9 Å². The SMILES string of the molecule is O=C(O)c1ccc(F)c(Cn2ccc3cc(Br)ccc32)c1. The Morgan fingerprint density at radius 1 is 1.19 bits per heavy atom. The Kier molecular flexibility index (Phi) is 3.51. The first-order valence-corrected chi connectivity index (χ1v) is 7.10. The van der Waals surface area contributed by atoms with E-state index in [1.54, 1.807) is 0 Å². The molecule has 0 amide bonds. The fraction of sp³-hybridized carbons (Fsp3) is 0.0625. The molecular weight excluding hydrogens is 337 g/mol. The van der Waals surface area contributed by atoms with Gasteiger partial charge in [-0.25, -0.2) is 9.18 Å². The molecule has 0 atom stereocenters. The number of carboxylic acid groups (broad SMARTS) is 1. The van der Waals surface area contributed by atoms with Crippen molar-refractivity contribution in [2.45, 2.75) is 6.54 Å². The molecule has 3 aromatic rings. The molecule has 1 heterocycles. The monoisotopic (exact) mass is 347 g/mol. The molecule has 2 aromatic carbocycles. The lowest BCUT2D eigenvalue weighted by Gasteiger charge is -2.08. The first-order valence-electron chi connectivity index (χ1n) is 6.31. The Hall–Kier alpha value is -2.14. The highest BCUT2D eigenvalue weighted by atomic mass is 79.9. The molecule has 1 N–H and O–H groups in total. The van der Waals surface area contributed by atoms with Gasteiger partial charge in [0.05, 0.1) is 12.1 Å². The van der Waals surface area contributed by atoms with Gasteiger partial charge in [0, 0.05) is 27.1 Å². The van der Waals surface area contributed by atoms with Gasteiger partial charge in [0.2, 0.25) is 0 Å². The van der Waals surface area contributed by atoms with Gasteiger partial charge in [-0.05, 0) is 42.5 Å². The van der Waals surface area contributed by atoms with Crippen molar-refractivity contribution in [1.82, 2.24) is 4.57 Å². The summed E-state index contributed by atoms with van der Waals surface area (Å²) in [7, 11) is 0. The van der Waals surface area contributed by atoms with Gasteiger partial charge in [-0.3, -0.25) is 0 Å². The van der Waals surface area contributed by atoms with E-state index in [0.29, 0.717) is 5.56 Å². The average molecular weight is 348 g/mol. The summed E-state index contributed by atoms with van der Waals surface area (Å²) in [5, 5.41) is 10.0. The second-order valence-electron chi connectivity index (χ2n) is 4.76. The summed E-state index contributed by atoms with van der Waals surface area (Å²) in [6.07, 6.45) is 1.87. The highest BCUT2D eigenvalue weighted by Crippen LogP contribution is 2.22. The maximum absolute atomic E-state index is 13.9. The van der Waals surface area contributed by atoms with Crippen LogP contribution in [-0.2, 0) is 6.54 Å². The number of benzene rings is 2. The molecular formula is C16H11BrFNO2. The second kappa shape index (κ2) is 5.33. The zero-order valence-corrected chi connectivity index (χ0v) is 12.5. The summed E-state index contributed by atoms with van der Waals surface area (Å²) in [6, 6.07) is 11.6. The molecule has 0 bridgehead atoms. The van der Waals surface area contributed by atoms with Crippen LogP contribution in [0, 0.1) is 5.82 Å². The quantitative estimate of drug-likeness (QED) is 0.767. The van der Waals surface area contributed by atoms with Crippen LogP contribution in [0.4, 0.5) is 4.39 Å². The van der Waals surface area contributed by atoms with Gasteiger partial charge in [-0.15, -0.1) is 0 Å². The Bertz CT molecular complexity index is 841. The van der Waals surface area contributed by atoms with E-state index in [2.05, 4.69) is 15.9 Å². The largest absolute Gasteiger partial charge is 0.478 e. The number of rotatable bonds is 3. The number of aromatic nitrogens is 1. The van der Waals surface area contributed by atoms with Crippen LogP contribution in [0.25, 0.3) is 10.9 Å². The molecule has 0 aliphatic heterocycles. The van der Waals surface area contributed by atoms with Crippen molar-refractivity contribution in [2.24, 2.45) is 0 Å². The number of aromatic carboxylic acids is 1. The van der Waals surface area contributed by atoms with Crippen molar-refractivity contribution >= 4 is 32.8 Å². The number of hydrogen-bond acceptors (Lipinski definition) is 1. The van der Waals surface area contributed by atoms with Crippen LogP contribution in [0.2, 0.25) is 0 Å². The molecule has 21 heavy (non-hydrogen) atoms. The van der Waals surface area contributed by atoms with Crippen LogP contribution in [0.3, 0.4) is 0 Å². The van der Waals surface area contributed by atoms with Gasteiger partial charge in [-0.2, -0.15) is 0 Å². The van der Waals surface area contributed by atoms with Crippen molar-refractivity contribution in [1.29, 1.82) is 0 Å². The van der Waals surface area contributed by atoms with E-state index >= 15 is 0 Å². The first-order chi connectivity index (χ1) is 10.0. The summed E-state index contributed by atoms with van der Waals surface area (Å²) in [5.41, 5.74) is 1.42. The number of hydrogen-bond donors (Lipinski definition) is 1. The van der Waals surface area contributed by atoms with Crippen molar-refractivity contribution in [3.8, 4) is 0 Å². The molecule has 0 aliphatic rings. The minimum Gasteiger partial charge on any atom is -0.478 e. The minimum atomic E-state index is -1.06. The van der Waals surface area contributed by atoms with Crippen LogP contribution in [-0.4, -0.2) is 15.6 Å². The smallest absolute Gasteiger partial charge is 0.335 e. The standard InChI is InChI=1S/C16H11BrFNO2/c17-13-2-4-15-10(8-13)5-6-19(15)9-12-7-11(16(20)21)1-3-14(12)18/h1-8H,9H2,(H,20,21). The normalized spacial score (nSPS) is 11.0. The lowest BCUT2D eigenvalue weighted by Crippen LogP contribution is -2.04. The van der Waals surface area contributed by atoms with E-state index in [4.69, 9.17) is 5.11 Å². The van der Waals surface area contributed by atoms with E-state index in [-0.39, 0.29) is 12.1 Å². The van der Waals surface area contributed by atoms with E-state index in [0.717, 1.165) is 15.4 Å². The summed E-state index contributed by atoms with van der Waals surface area (Å²) in [6.45, 7) is 0.290. The zero-order valence-electron chi connectivity index (χ0n) is 10.9. The summed E-state index contributed by atoms with van der Waals surface area (Å²) in [4.78, 5) is 11.0. The summed E-state index contributed by atoms with van der Waals surface area (Å²) >= 11 is 3.41. The minimum absolute atomic E-state index is 0.0885. The van der Waals surface area contributed by atoms with Crippen molar-refractivity contribution < 1.29 is 14.3 Å². The van der Waals surface area contributed by atoms with Gasteiger partial charge >= 0.3 is 5.97 Å². The molecule has 5 heteroatoms. The molecule has 3 rings (SSSR count). The van der Waals surface area contributed by atoms with Gasteiger partial charge in [0.1, 0.15) is 5.82 Å². The molecule has 3 nitrogen and oxygen atoms in total.